The highest BCUT2D eigenvalue weighted by atomic mass is 16.5. The van der Waals surface area contributed by atoms with E-state index in [2.05, 4.69) is 15.3 Å². The summed E-state index contributed by atoms with van der Waals surface area (Å²) in [6, 6.07) is 11.2. The molecule has 140 valence electrons. The zero-order chi connectivity index (χ0) is 19.4. The number of nitrogens with zero attached hydrogens (tertiary/aromatic N) is 2. The minimum Gasteiger partial charge on any atom is -0.493 e. The highest BCUT2D eigenvalue weighted by Gasteiger charge is 2.15. The van der Waals surface area contributed by atoms with Crippen LogP contribution in [0.1, 0.15) is 5.56 Å². The molecule has 27 heavy (non-hydrogen) atoms. The number of anilines is 3. The molecule has 0 saturated heterocycles. The van der Waals surface area contributed by atoms with E-state index < -0.39 is 0 Å². The molecule has 3 aromatic rings. The van der Waals surface area contributed by atoms with Gasteiger partial charge in [0.1, 0.15) is 0 Å². The summed E-state index contributed by atoms with van der Waals surface area (Å²) < 4.78 is 16.2. The molecule has 0 bridgehead atoms. The molecule has 0 radical (unpaired) electrons. The molecule has 7 nitrogen and oxygen atoms in total. The van der Waals surface area contributed by atoms with Gasteiger partial charge < -0.3 is 25.3 Å². The summed E-state index contributed by atoms with van der Waals surface area (Å²) in [5.41, 5.74) is 9.98. The normalized spacial score (nSPS) is 10.4. The van der Waals surface area contributed by atoms with Crippen LogP contribution in [0.2, 0.25) is 0 Å². The lowest BCUT2D eigenvalue weighted by molar-refractivity contribution is 0.324. The van der Waals surface area contributed by atoms with Crippen LogP contribution in [0.5, 0.6) is 17.2 Å². The first-order valence-corrected chi connectivity index (χ1v) is 8.32. The summed E-state index contributed by atoms with van der Waals surface area (Å²) in [7, 11) is 4.73. The fraction of sp³-hybridized carbons (Fsp3) is 0.200. The van der Waals surface area contributed by atoms with Gasteiger partial charge in [0.2, 0.25) is 11.7 Å². The largest absolute Gasteiger partial charge is 0.493 e. The first-order valence-electron chi connectivity index (χ1n) is 8.32. The van der Waals surface area contributed by atoms with E-state index in [1.165, 1.54) is 0 Å². The van der Waals surface area contributed by atoms with Gasteiger partial charge in [-0.1, -0.05) is 6.07 Å². The number of benzene rings is 2. The Bertz CT molecular complexity index is 935. The minimum absolute atomic E-state index is 0.468. The van der Waals surface area contributed by atoms with Gasteiger partial charge in [0.15, 0.2) is 11.5 Å². The Morgan fingerprint density at radius 1 is 0.926 bits per heavy atom. The maximum Gasteiger partial charge on any atom is 0.227 e. The number of aryl methyl sites for hydroxylation is 1. The number of aromatic nitrogens is 2. The Balaban J connectivity index is 1.99. The highest BCUT2D eigenvalue weighted by Crippen LogP contribution is 2.40. The lowest BCUT2D eigenvalue weighted by Crippen LogP contribution is -2.01. The summed E-state index contributed by atoms with van der Waals surface area (Å²) >= 11 is 0. The van der Waals surface area contributed by atoms with Crippen LogP contribution in [0.4, 0.5) is 17.3 Å². The molecule has 0 spiro atoms. The topological polar surface area (TPSA) is 91.5 Å². The predicted octanol–water partition coefficient (Wildman–Crippen LogP) is 3.80. The van der Waals surface area contributed by atoms with Crippen molar-refractivity contribution < 1.29 is 14.2 Å². The van der Waals surface area contributed by atoms with Crippen molar-refractivity contribution in [2.24, 2.45) is 0 Å². The average Bonchev–Trinajstić information content (AvgIpc) is 2.69. The maximum atomic E-state index is 5.87. The average molecular weight is 366 g/mol. The number of nitrogens with two attached hydrogens (primary N) is 1. The second kappa shape index (κ2) is 7.82. The smallest absolute Gasteiger partial charge is 0.227 e. The zero-order valence-electron chi connectivity index (χ0n) is 15.7. The molecular weight excluding hydrogens is 344 g/mol. The molecule has 0 amide bonds. The SMILES string of the molecule is COc1cc(-c2ccnc(Nc3cc(N)ccc3C)n2)cc(OC)c1OC. The first kappa shape index (κ1) is 18.3. The molecule has 0 aliphatic heterocycles. The molecule has 0 atom stereocenters. The lowest BCUT2D eigenvalue weighted by Gasteiger charge is -2.14. The van der Waals surface area contributed by atoms with Crippen molar-refractivity contribution in [1.82, 2.24) is 9.97 Å². The molecule has 0 aliphatic rings. The fourth-order valence-corrected chi connectivity index (χ4v) is 2.70. The second-order valence-electron chi connectivity index (χ2n) is 5.88. The van der Waals surface area contributed by atoms with Crippen LogP contribution in [0, 0.1) is 6.92 Å². The summed E-state index contributed by atoms with van der Waals surface area (Å²) in [6.45, 7) is 1.99. The number of hydrogen-bond donors (Lipinski definition) is 2. The number of ether oxygens (including phenoxy) is 3. The van der Waals surface area contributed by atoms with Gasteiger partial charge in [-0.05, 0) is 42.8 Å². The maximum absolute atomic E-state index is 5.87. The first-order chi connectivity index (χ1) is 13.0. The molecule has 0 aliphatic carbocycles. The molecular formula is C20H22N4O3. The molecule has 1 heterocycles. The van der Waals surface area contributed by atoms with E-state index >= 15 is 0 Å². The van der Waals surface area contributed by atoms with Gasteiger partial charge in [-0.25, -0.2) is 9.97 Å². The van der Waals surface area contributed by atoms with Gasteiger partial charge in [-0.15, -0.1) is 0 Å². The van der Waals surface area contributed by atoms with Gasteiger partial charge in [-0.2, -0.15) is 0 Å². The van der Waals surface area contributed by atoms with Crippen molar-refractivity contribution in [2.75, 3.05) is 32.4 Å². The van der Waals surface area contributed by atoms with Gasteiger partial charge >= 0.3 is 0 Å². The molecule has 1 aromatic heterocycles. The lowest BCUT2D eigenvalue weighted by atomic mass is 10.1. The van der Waals surface area contributed by atoms with Crippen LogP contribution in [0.3, 0.4) is 0 Å². The third-order valence-electron chi connectivity index (χ3n) is 4.12. The fourth-order valence-electron chi connectivity index (χ4n) is 2.70. The minimum atomic E-state index is 0.468. The molecule has 7 heteroatoms. The van der Waals surface area contributed by atoms with E-state index in [9.17, 15) is 0 Å². The van der Waals surface area contributed by atoms with Crippen molar-refractivity contribution in [2.45, 2.75) is 6.92 Å². The van der Waals surface area contributed by atoms with Crippen molar-refractivity contribution >= 4 is 17.3 Å². The van der Waals surface area contributed by atoms with Crippen molar-refractivity contribution in [1.29, 1.82) is 0 Å². The van der Waals surface area contributed by atoms with E-state index in [1.54, 1.807) is 27.5 Å². The Hall–Kier alpha value is -3.48. The number of rotatable bonds is 6. The van der Waals surface area contributed by atoms with E-state index in [0.717, 1.165) is 16.8 Å². The Kier molecular flexibility index (Phi) is 5.30. The zero-order valence-corrected chi connectivity index (χ0v) is 15.7. The molecule has 0 saturated carbocycles. The van der Waals surface area contributed by atoms with Crippen LogP contribution in [0.25, 0.3) is 11.3 Å². The van der Waals surface area contributed by atoms with E-state index in [4.69, 9.17) is 19.9 Å². The van der Waals surface area contributed by atoms with E-state index in [1.807, 2.05) is 43.3 Å². The van der Waals surface area contributed by atoms with Gasteiger partial charge in [0, 0.05) is 23.1 Å². The Labute approximate surface area is 158 Å². The summed E-state index contributed by atoms with van der Waals surface area (Å²) in [4.78, 5) is 8.90. The molecule has 0 fully saturated rings. The third-order valence-corrected chi connectivity index (χ3v) is 4.12. The van der Waals surface area contributed by atoms with Gasteiger partial charge in [-0.3, -0.25) is 0 Å². The highest BCUT2D eigenvalue weighted by molar-refractivity contribution is 5.70. The van der Waals surface area contributed by atoms with E-state index in [0.29, 0.717) is 34.6 Å². The number of methoxy groups -OCH3 is 3. The van der Waals surface area contributed by atoms with Crippen molar-refractivity contribution in [3.63, 3.8) is 0 Å². The molecule has 2 aromatic carbocycles. The van der Waals surface area contributed by atoms with Gasteiger partial charge in [0.05, 0.1) is 27.0 Å². The van der Waals surface area contributed by atoms with E-state index in [-0.39, 0.29) is 0 Å². The van der Waals surface area contributed by atoms with Crippen molar-refractivity contribution in [3.8, 4) is 28.5 Å². The predicted molar refractivity (Wildman–Crippen MR) is 106 cm³/mol. The van der Waals surface area contributed by atoms with Crippen LogP contribution in [-0.2, 0) is 0 Å². The number of nitrogen functional groups attached to an aromatic ring is 1. The second-order valence-corrected chi connectivity index (χ2v) is 5.88. The van der Waals surface area contributed by atoms with Crippen LogP contribution < -0.4 is 25.3 Å². The van der Waals surface area contributed by atoms with Crippen LogP contribution >= 0.6 is 0 Å². The van der Waals surface area contributed by atoms with Gasteiger partial charge in [0.25, 0.3) is 0 Å². The summed E-state index contributed by atoms with van der Waals surface area (Å²) in [5.74, 6) is 2.12. The monoisotopic (exact) mass is 366 g/mol. The number of hydrogen-bond acceptors (Lipinski definition) is 7. The molecule has 3 N–H and O–H groups in total. The molecule has 3 rings (SSSR count). The summed E-state index contributed by atoms with van der Waals surface area (Å²) in [5, 5.41) is 3.21. The van der Waals surface area contributed by atoms with Crippen LogP contribution in [0.15, 0.2) is 42.6 Å². The quantitative estimate of drug-likeness (QED) is 0.641. The third kappa shape index (κ3) is 3.87. The Morgan fingerprint density at radius 2 is 1.63 bits per heavy atom. The molecule has 0 unspecified atom stereocenters. The summed E-state index contributed by atoms with van der Waals surface area (Å²) in [6.07, 6.45) is 1.69. The van der Waals surface area contributed by atoms with Crippen LogP contribution in [-0.4, -0.2) is 31.3 Å². The number of nitrogens with one attached hydrogen (secondary N) is 1. The Morgan fingerprint density at radius 3 is 2.26 bits per heavy atom. The van der Waals surface area contributed by atoms with Crippen molar-refractivity contribution in [3.05, 3.63) is 48.2 Å². The standard InChI is InChI=1S/C20H22N4O3/c1-12-5-6-14(21)11-16(12)24-20-22-8-7-15(23-20)13-9-17(25-2)19(27-4)18(10-13)26-3/h5-11H,21H2,1-4H3,(H,22,23,24).